The Bertz CT molecular complexity index is 771. The fraction of sp³-hybridized carbons (Fsp3) is 0.316. The highest BCUT2D eigenvalue weighted by molar-refractivity contribution is 7.18. The van der Waals surface area contributed by atoms with E-state index >= 15 is 0 Å². The van der Waals surface area contributed by atoms with E-state index < -0.39 is 6.04 Å². The Morgan fingerprint density at radius 3 is 2.38 bits per heavy atom. The molecule has 0 bridgehead atoms. The fourth-order valence-electron chi connectivity index (χ4n) is 2.35. The van der Waals surface area contributed by atoms with Crippen molar-refractivity contribution in [3.05, 3.63) is 52.9 Å². The molecule has 0 spiro atoms. The molecule has 1 heterocycles. The zero-order chi connectivity index (χ0) is 19.1. The Morgan fingerprint density at radius 1 is 1.08 bits per heavy atom. The van der Waals surface area contributed by atoms with Gasteiger partial charge in [-0.15, -0.1) is 11.3 Å². The molecule has 0 aliphatic carbocycles. The van der Waals surface area contributed by atoms with Crippen LogP contribution in [0.4, 0.5) is 5.00 Å². The van der Waals surface area contributed by atoms with Gasteiger partial charge in [-0.3, -0.25) is 14.4 Å². The average molecular weight is 374 g/mol. The summed E-state index contributed by atoms with van der Waals surface area (Å²) in [5.74, 6) is -0.880. The van der Waals surface area contributed by atoms with Gasteiger partial charge in [-0.1, -0.05) is 30.3 Å². The Morgan fingerprint density at radius 2 is 1.77 bits per heavy atom. The molecule has 2 N–H and O–H groups in total. The van der Waals surface area contributed by atoms with Gasteiger partial charge in [0.2, 0.25) is 5.91 Å². The summed E-state index contributed by atoms with van der Waals surface area (Å²) in [5.41, 5.74) is 0.820. The van der Waals surface area contributed by atoms with E-state index in [9.17, 15) is 14.4 Å². The molecule has 138 valence electrons. The smallest absolute Gasteiger partial charge is 0.308 e. The molecule has 1 aromatic heterocycles. The lowest BCUT2D eigenvalue weighted by Gasteiger charge is -2.19. The second kappa shape index (κ2) is 9.15. The molecule has 0 saturated heterocycles. The predicted octanol–water partition coefficient (Wildman–Crippen LogP) is 3.52. The normalized spacial score (nSPS) is 11.7. The zero-order valence-corrected chi connectivity index (χ0v) is 15.8. The van der Waals surface area contributed by atoms with Gasteiger partial charge < -0.3 is 15.4 Å². The van der Waals surface area contributed by atoms with Crippen LogP contribution in [0.1, 0.15) is 48.5 Å². The van der Waals surface area contributed by atoms with Crippen LogP contribution in [0.25, 0.3) is 0 Å². The summed E-state index contributed by atoms with van der Waals surface area (Å²) in [5, 5.41) is 6.12. The SMILES string of the molecule is CC(=O)Nc1ccc(C(=O)NC(CC(=O)OC(C)C)c2ccccc2)s1. The van der Waals surface area contributed by atoms with Crippen molar-refractivity contribution in [3.63, 3.8) is 0 Å². The second-order valence-electron chi connectivity index (χ2n) is 6.02. The monoisotopic (exact) mass is 374 g/mol. The van der Waals surface area contributed by atoms with E-state index in [1.54, 1.807) is 26.0 Å². The van der Waals surface area contributed by atoms with Crippen LogP contribution in [0.5, 0.6) is 0 Å². The molecule has 0 fully saturated rings. The van der Waals surface area contributed by atoms with E-state index in [0.29, 0.717) is 9.88 Å². The molecule has 6 nitrogen and oxygen atoms in total. The average Bonchev–Trinajstić information content (AvgIpc) is 3.02. The van der Waals surface area contributed by atoms with Gasteiger partial charge >= 0.3 is 5.97 Å². The van der Waals surface area contributed by atoms with Crippen molar-refractivity contribution in [1.29, 1.82) is 0 Å². The molecule has 1 atom stereocenters. The van der Waals surface area contributed by atoms with Gasteiger partial charge in [0.25, 0.3) is 5.91 Å². The lowest BCUT2D eigenvalue weighted by Crippen LogP contribution is -2.30. The number of esters is 1. The van der Waals surface area contributed by atoms with Gasteiger partial charge in [-0.2, -0.15) is 0 Å². The van der Waals surface area contributed by atoms with Gasteiger partial charge in [0.15, 0.2) is 0 Å². The summed E-state index contributed by atoms with van der Waals surface area (Å²) in [6.45, 7) is 4.97. The third kappa shape index (κ3) is 6.00. The van der Waals surface area contributed by atoms with Crippen LogP contribution < -0.4 is 10.6 Å². The highest BCUT2D eigenvalue weighted by Crippen LogP contribution is 2.24. The second-order valence-corrected chi connectivity index (χ2v) is 7.11. The number of hydrogen-bond donors (Lipinski definition) is 2. The minimum absolute atomic E-state index is 0.0395. The molecule has 0 radical (unpaired) electrons. The third-order valence-corrected chi connectivity index (χ3v) is 4.37. The Labute approximate surface area is 156 Å². The Hall–Kier alpha value is -2.67. The van der Waals surface area contributed by atoms with Crippen molar-refractivity contribution >= 4 is 34.1 Å². The third-order valence-electron chi connectivity index (χ3n) is 3.37. The molecule has 1 unspecified atom stereocenters. The van der Waals surface area contributed by atoms with Crippen LogP contribution in [-0.2, 0) is 14.3 Å². The van der Waals surface area contributed by atoms with Crippen molar-refractivity contribution in [2.75, 3.05) is 5.32 Å². The molecule has 0 aliphatic heterocycles. The summed E-state index contributed by atoms with van der Waals surface area (Å²) in [4.78, 5) is 36.2. The molecular weight excluding hydrogens is 352 g/mol. The first kappa shape index (κ1) is 19.7. The number of ether oxygens (including phenoxy) is 1. The molecule has 26 heavy (non-hydrogen) atoms. The summed E-state index contributed by atoms with van der Waals surface area (Å²) < 4.78 is 5.20. The first-order valence-corrected chi connectivity index (χ1v) is 9.09. The Kier molecular flexibility index (Phi) is 6.91. The summed E-state index contributed by atoms with van der Waals surface area (Å²) in [7, 11) is 0. The van der Waals surface area contributed by atoms with Crippen LogP contribution in [0.2, 0.25) is 0 Å². The summed E-state index contributed by atoms with van der Waals surface area (Å²) in [6, 6.07) is 12.1. The first-order chi connectivity index (χ1) is 12.3. The van der Waals surface area contributed by atoms with Crippen molar-refractivity contribution in [1.82, 2.24) is 5.32 Å². The van der Waals surface area contributed by atoms with Gasteiger partial charge in [-0.25, -0.2) is 0 Å². The number of rotatable bonds is 7. The maximum absolute atomic E-state index is 12.6. The van der Waals surface area contributed by atoms with Crippen molar-refractivity contribution in [2.24, 2.45) is 0 Å². The molecule has 2 rings (SSSR count). The number of benzene rings is 1. The van der Waals surface area contributed by atoms with Crippen LogP contribution in [0.15, 0.2) is 42.5 Å². The number of amides is 2. The summed E-state index contributed by atoms with van der Waals surface area (Å²) in [6.07, 6.45) is -0.176. The van der Waals surface area contributed by atoms with Gasteiger partial charge in [0, 0.05) is 6.92 Å². The number of carbonyl (C=O) groups excluding carboxylic acids is 3. The molecule has 1 aromatic carbocycles. The quantitative estimate of drug-likeness (QED) is 0.726. The number of hydrogen-bond acceptors (Lipinski definition) is 5. The van der Waals surface area contributed by atoms with E-state index in [-0.39, 0.29) is 30.3 Å². The topological polar surface area (TPSA) is 84.5 Å². The molecule has 7 heteroatoms. The lowest BCUT2D eigenvalue weighted by atomic mass is 10.0. The molecule has 0 saturated carbocycles. The molecule has 2 amide bonds. The van der Waals surface area contributed by atoms with Crippen molar-refractivity contribution in [2.45, 2.75) is 39.3 Å². The van der Waals surface area contributed by atoms with Gasteiger partial charge in [0.05, 0.1) is 28.4 Å². The van der Waals surface area contributed by atoms with E-state index in [4.69, 9.17) is 4.74 Å². The predicted molar refractivity (Wildman–Crippen MR) is 101 cm³/mol. The minimum atomic E-state index is -0.499. The van der Waals surface area contributed by atoms with Gasteiger partial charge in [-0.05, 0) is 31.5 Å². The van der Waals surface area contributed by atoms with E-state index in [1.165, 1.54) is 18.3 Å². The maximum atomic E-state index is 12.6. The summed E-state index contributed by atoms with van der Waals surface area (Å²) >= 11 is 1.18. The van der Waals surface area contributed by atoms with Gasteiger partial charge in [0.1, 0.15) is 0 Å². The molecule has 0 aliphatic rings. The standard InChI is InChI=1S/C19H22N2O4S/c1-12(2)25-18(23)11-15(14-7-5-4-6-8-14)21-19(24)16-9-10-17(26-16)20-13(3)22/h4-10,12,15H,11H2,1-3H3,(H,20,22)(H,21,24). The fourth-order valence-corrected chi connectivity index (χ4v) is 3.20. The number of carbonyl (C=O) groups is 3. The van der Waals surface area contributed by atoms with Crippen molar-refractivity contribution in [3.8, 4) is 0 Å². The van der Waals surface area contributed by atoms with Crippen LogP contribution >= 0.6 is 11.3 Å². The van der Waals surface area contributed by atoms with E-state index in [0.717, 1.165) is 5.56 Å². The number of nitrogens with one attached hydrogen (secondary N) is 2. The van der Waals surface area contributed by atoms with Crippen molar-refractivity contribution < 1.29 is 19.1 Å². The Balaban J connectivity index is 2.12. The van der Waals surface area contributed by atoms with E-state index in [1.807, 2.05) is 30.3 Å². The first-order valence-electron chi connectivity index (χ1n) is 8.28. The largest absolute Gasteiger partial charge is 0.463 e. The van der Waals surface area contributed by atoms with Crippen LogP contribution in [0, 0.1) is 0 Å². The van der Waals surface area contributed by atoms with E-state index in [2.05, 4.69) is 10.6 Å². The zero-order valence-electron chi connectivity index (χ0n) is 14.9. The van der Waals surface area contributed by atoms with Crippen LogP contribution in [0.3, 0.4) is 0 Å². The molecular formula is C19H22N2O4S. The maximum Gasteiger partial charge on any atom is 0.308 e. The molecule has 2 aromatic rings. The highest BCUT2D eigenvalue weighted by Gasteiger charge is 2.21. The lowest BCUT2D eigenvalue weighted by molar-refractivity contribution is -0.148. The number of thiophene rings is 1. The van der Waals surface area contributed by atoms with Crippen LogP contribution in [-0.4, -0.2) is 23.9 Å². The number of anilines is 1. The highest BCUT2D eigenvalue weighted by atomic mass is 32.1. The minimum Gasteiger partial charge on any atom is -0.463 e.